The maximum absolute atomic E-state index is 14.1. The Morgan fingerprint density at radius 1 is 0.392 bits per heavy atom. The lowest BCUT2D eigenvalue weighted by molar-refractivity contribution is -0.145. The second-order valence-electron chi connectivity index (χ2n) is 35.4. The summed E-state index contributed by atoms with van der Waals surface area (Å²) in [7, 11) is 0. The predicted molar refractivity (Wildman–Crippen MR) is 479 cm³/mol. The van der Waals surface area contributed by atoms with Crippen LogP contribution in [0.1, 0.15) is 175 Å². The molecule has 3 N–H and O–H groups in total. The molecule has 9 atom stereocenters. The summed E-state index contributed by atoms with van der Waals surface area (Å²) in [6.45, 7) is 3.95. The van der Waals surface area contributed by atoms with Crippen molar-refractivity contribution in [1.82, 2.24) is 59.0 Å². The molecule has 3 amide bonds. The minimum Gasteiger partial charge on any atom is -0.461 e. The van der Waals surface area contributed by atoms with Crippen molar-refractivity contribution in [3.63, 3.8) is 0 Å². The number of amides is 3. The largest absolute Gasteiger partial charge is 0.461 e. The summed E-state index contributed by atoms with van der Waals surface area (Å²) >= 11 is 0. The Morgan fingerprint density at radius 3 is 1.01 bits per heavy atom. The number of H-pyrrole nitrogens is 2. The number of ether oxygens (including phenoxy) is 7. The number of aliphatic hydroxyl groups excluding tert-OH is 1. The molecule has 762 valence electrons. The molecular weight excluding hydrogens is 1920 g/mol. The number of hydrogen-bond acceptors (Lipinski definition) is 17. The van der Waals surface area contributed by atoms with Gasteiger partial charge in [-0.05, 0) is 171 Å². The van der Waals surface area contributed by atoms with Crippen LogP contribution in [0.4, 0.5) is 93.4 Å². The van der Waals surface area contributed by atoms with E-state index in [1.54, 1.807) is 169 Å². The molecule has 1 spiro atoms. The van der Waals surface area contributed by atoms with Gasteiger partial charge in [0.15, 0.2) is 0 Å². The molecule has 16 rings (SSSR count). The lowest BCUT2D eigenvalue weighted by Crippen LogP contribution is -2.64. The zero-order valence-electron chi connectivity index (χ0n) is 76.1. The average Bonchev–Trinajstić information content (AvgIpc) is 1.60. The first-order chi connectivity index (χ1) is 67.1. The summed E-state index contributed by atoms with van der Waals surface area (Å²) in [6.07, 6.45) is -30.8. The maximum Gasteiger partial charge on any atom is 0.416 e. The van der Waals surface area contributed by atoms with Gasteiger partial charge < -0.3 is 38.3 Å². The third kappa shape index (κ3) is 23.9. The van der Waals surface area contributed by atoms with Crippen molar-refractivity contribution < 1.29 is 132 Å². The topological polar surface area (TPSA) is 278 Å². The number of aromatic amines is 2. The molecule has 25 nitrogen and oxygen atoms in total. The molecule has 12 aromatic rings. The zero-order valence-corrected chi connectivity index (χ0v) is 76.1. The van der Waals surface area contributed by atoms with Gasteiger partial charge in [0.05, 0.1) is 119 Å². The van der Waals surface area contributed by atoms with Gasteiger partial charge in [-0.2, -0.15) is 89.2 Å². The van der Waals surface area contributed by atoms with Crippen LogP contribution in [0.3, 0.4) is 0 Å². The number of benzene rings is 9. The van der Waals surface area contributed by atoms with Gasteiger partial charge in [-0.1, -0.05) is 195 Å². The number of carbonyl (C=O) groups excluding carboxylic acids is 3. The minimum absolute atomic E-state index is 0. The van der Waals surface area contributed by atoms with Crippen LogP contribution in [0.15, 0.2) is 265 Å². The van der Waals surface area contributed by atoms with Gasteiger partial charge >= 0.3 is 72.7 Å². The fourth-order valence-electron chi connectivity index (χ4n) is 18.1. The van der Waals surface area contributed by atoms with E-state index in [0.29, 0.717) is 83.1 Å². The van der Waals surface area contributed by atoms with Crippen LogP contribution >= 0.6 is 0 Å². The Kier molecular flexibility index (Phi) is 31.9. The third-order valence-electron chi connectivity index (χ3n) is 26.2. The van der Waals surface area contributed by atoms with E-state index in [2.05, 4.69) is 30.6 Å². The van der Waals surface area contributed by atoms with E-state index < -0.39 is 165 Å². The van der Waals surface area contributed by atoms with E-state index in [0.717, 1.165) is 5.56 Å². The first-order valence-electron chi connectivity index (χ1n) is 44.4. The molecule has 43 heteroatoms. The SMILES string of the molecule is C.C[C@@H](OC[C@@]1(c2ccccc2)CC[C@@]2(COc3nncn32)CN1C(=O)OCc1ccccc1)c1cc(C(F)(F)F)cc(C(F)(F)F)c1.C[C@@H](OC[C@@]1(c2ccccc2)CC[C@](C)(n2cn[nH]c2=O)CN1C(=O)OCc1ccccc1)c1cc(C(F)(F)F)cc(C(F)(F)F)c1.C[C@@H](OC[C@@]1(c2ccccc2)CC[C@](CO)(n2cn[nH]c2=O)CN1C(=O)OCc1ccccc1)c1cc(C(F)(F)F)cc(C(F)(F)F)c1. The highest BCUT2D eigenvalue weighted by atomic mass is 19.4. The van der Waals surface area contributed by atoms with E-state index in [4.69, 9.17) is 33.2 Å². The number of halogens is 18. The Hall–Kier alpha value is -13.8. The number of aromatic nitrogens is 9. The number of aliphatic hydroxyl groups is 1. The summed E-state index contributed by atoms with van der Waals surface area (Å²) in [5.41, 5.74) is -14.0. The average molecular weight is 2020 g/mol. The van der Waals surface area contributed by atoms with Gasteiger partial charge in [0.2, 0.25) is 0 Å². The highest BCUT2D eigenvalue weighted by Gasteiger charge is 2.58. The Labute approximate surface area is 806 Å². The van der Waals surface area contributed by atoms with Crippen molar-refractivity contribution in [1.29, 1.82) is 0 Å². The van der Waals surface area contributed by atoms with Crippen molar-refractivity contribution in [2.45, 2.75) is 182 Å². The van der Waals surface area contributed by atoms with E-state index in [9.17, 15) is 108 Å². The van der Waals surface area contributed by atoms with Gasteiger partial charge in [-0.3, -0.25) is 28.4 Å². The summed E-state index contributed by atoms with van der Waals surface area (Å²) in [6, 6.07) is 57.2. The summed E-state index contributed by atoms with van der Waals surface area (Å²) in [5.74, 6) is 0. The van der Waals surface area contributed by atoms with Gasteiger partial charge in [0.25, 0.3) is 0 Å². The number of alkyl halides is 18. The molecule has 0 unspecified atom stereocenters. The molecule has 4 aliphatic heterocycles. The van der Waals surface area contributed by atoms with Gasteiger partial charge in [0.1, 0.15) is 50.9 Å². The number of likely N-dealkylation sites (tertiary alicyclic amines) is 3. The molecule has 0 bridgehead atoms. The fraction of sp³-hybridized carbons (Fsp3) is 0.370. The van der Waals surface area contributed by atoms with E-state index in [-0.39, 0.29) is 127 Å². The Bertz CT molecular complexity index is 6340. The molecule has 3 aromatic heterocycles. The minimum atomic E-state index is -5.05. The smallest absolute Gasteiger partial charge is 0.416 e. The number of nitrogens with one attached hydrogen (secondary N) is 2. The quantitative estimate of drug-likeness (QED) is 0.0374. The summed E-state index contributed by atoms with van der Waals surface area (Å²) in [5, 5.41) is 30.8. The van der Waals surface area contributed by atoms with Crippen LogP contribution in [0, 0.1) is 0 Å². The maximum atomic E-state index is 14.1. The first kappa shape index (κ1) is 106. The van der Waals surface area contributed by atoms with Crippen molar-refractivity contribution in [2.24, 2.45) is 0 Å². The van der Waals surface area contributed by atoms with Crippen LogP contribution < -0.4 is 16.1 Å². The Balaban J connectivity index is 0.000000179. The first-order valence-corrected chi connectivity index (χ1v) is 44.4. The number of hydrogen-bond donors (Lipinski definition) is 3. The fourth-order valence-corrected chi connectivity index (χ4v) is 18.1. The number of carbonyl (C=O) groups is 3. The molecule has 3 fully saturated rings. The van der Waals surface area contributed by atoms with E-state index in [1.165, 1.54) is 63.6 Å². The third-order valence-corrected chi connectivity index (χ3v) is 26.2. The van der Waals surface area contributed by atoms with Gasteiger partial charge in [-0.25, -0.2) is 34.2 Å². The molecule has 0 saturated carbocycles. The second kappa shape index (κ2) is 42.8. The van der Waals surface area contributed by atoms with E-state index >= 15 is 0 Å². The molecule has 7 heterocycles. The van der Waals surface area contributed by atoms with Crippen molar-refractivity contribution in [3.05, 3.63) is 360 Å². The zero-order chi connectivity index (χ0) is 102. The van der Waals surface area contributed by atoms with Crippen LogP contribution in [-0.2, 0) is 119 Å². The molecular formula is C100H98F18N12O13. The molecule has 0 aliphatic carbocycles. The van der Waals surface area contributed by atoms with Gasteiger partial charge in [0, 0.05) is 6.54 Å². The van der Waals surface area contributed by atoms with Crippen molar-refractivity contribution in [3.8, 4) is 6.01 Å². The van der Waals surface area contributed by atoms with Crippen molar-refractivity contribution in [2.75, 3.05) is 52.7 Å². The van der Waals surface area contributed by atoms with Crippen molar-refractivity contribution >= 4 is 18.3 Å². The standard InChI is InChI=1S/C33H32F6N4O5.C33H30F6N4O4.C33H32F6N4O4.CH4/c1-22(24-14-26(32(34,35)36)16-27(15-24)33(37,38)39)48-20-31(25-10-6-3-7-11-25)13-12-30(19-44,43-21-40-41-28(43)45)18-42(31)29(46)47-17-23-8-4-2-5-9-23;1-22(24-14-26(32(34,35)36)16-27(15-24)33(37,38)39)46-20-31(25-10-6-3-7-11-25)13-12-30(19-47-28-41-40-21-43(28)30)18-42(31)29(44)45-17-23-8-4-2-5-9-23;1-22(24-15-26(32(34,35)36)17-27(16-24)33(37,38)39)47-20-31(25-11-7-4-8-12-25)14-13-30(2,43-21-40-41-28(43)44)19-42(31)29(45)46-18-23-9-5-3-6-10-23;/h2-11,14-16,21-22,44H,12-13,17-20H2,1H3,(H,41,45);2-11,14-16,21-22H,12-13,17-20H2,1H3;3-12,15-17,21-22H,13-14,18-20H2,1-2H3,(H,41,44);1H4/t3*22-,30+,31-;/m111./s1. The number of rotatable bonds is 24. The highest BCUT2D eigenvalue weighted by Crippen LogP contribution is 2.52. The number of fused-ring (bicyclic) bond motifs is 2. The van der Waals surface area contributed by atoms with Crippen LogP contribution in [0.25, 0.3) is 0 Å². The second-order valence-corrected chi connectivity index (χ2v) is 35.4. The molecule has 3 saturated heterocycles. The normalized spacial score (nSPS) is 21.0. The summed E-state index contributed by atoms with van der Waals surface area (Å²) < 4.78 is 291. The van der Waals surface area contributed by atoms with Crippen LogP contribution in [0.5, 0.6) is 6.01 Å². The van der Waals surface area contributed by atoms with E-state index in [1.807, 2.05) is 24.3 Å². The predicted octanol–water partition coefficient (Wildman–Crippen LogP) is 22.0. The van der Waals surface area contributed by atoms with Crippen LogP contribution in [0.2, 0.25) is 0 Å². The molecule has 0 radical (unpaired) electrons. The van der Waals surface area contributed by atoms with Gasteiger partial charge in [-0.15, -0.1) is 5.10 Å². The molecule has 4 aliphatic rings. The van der Waals surface area contributed by atoms with Crippen LogP contribution in [-0.4, -0.2) is 135 Å². The number of nitrogens with zero attached hydrogens (tertiary/aromatic N) is 10. The molecule has 143 heavy (non-hydrogen) atoms. The highest BCUT2D eigenvalue weighted by molar-refractivity contribution is 5.72. The summed E-state index contributed by atoms with van der Waals surface area (Å²) in [4.78, 5) is 71.7. The molecule has 9 aromatic carbocycles. The Morgan fingerprint density at radius 2 is 0.692 bits per heavy atom. The lowest BCUT2D eigenvalue weighted by Gasteiger charge is -2.53. The lowest BCUT2D eigenvalue weighted by atomic mass is 9.74. The number of piperidine rings is 3. The monoisotopic (exact) mass is 2020 g/mol.